The fraction of sp³-hybridized carbons (Fsp3) is 0.533. The van der Waals surface area contributed by atoms with Gasteiger partial charge in [0.2, 0.25) is 0 Å². The zero-order valence-corrected chi connectivity index (χ0v) is 12.2. The smallest absolute Gasteiger partial charge is 0.265 e. The normalized spacial score (nSPS) is 17.7. The minimum absolute atomic E-state index is 0.0741. The second-order valence-corrected chi connectivity index (χ2v) is 6.53. The maximum atomic E-state index is 12.5. The average molecular weight is 277 g/mol. The van der Waals surface area contributed by atoms with E-state index in [1.165, 1.54) is 17.8 Å². The number of likely N-dealkylation sites (tertiary alicyclic amines) is 1. The number of amides is 1. The number of rotatable bonds is 1. The first kappa shape index (κ1) is 14.1. The van der Waals surface area contributed by atoms with E-state index < -0.39 is 0 Å². The van der Waals surface area contributed by atoms with E-state index in [1.54, 1.807) is 0 Å². The maximum absolute atomic E-state index is 12.5. The van der Waals surface area contributed by atoms with E-state index in [4.69, 9.17) is 5.11 Å². The van der Waals surface area contributed by atoms with Crippen LogP contribution >= 0.6 is 11.3 Å². The van der Waals surface area contributed by atoms with E-state index >= 15 is 0 Å². The summed E-state index contributed by atoms with van der Waals surface area (Å²) in [6, 6.07) is 1.84. The molecule has 2 rings (SSSR count). The highest BCUT2D eigenvalue weighted by Gasteiger charge is 2.30. The van der Waals surface area contributed by atoms with Crippen molar-refractivity contribution in [3.8, 4) is 11.8 Å². The molecule has 1 aliphatic rings. The van der Waals surface area contributed by atoms with Crippen molar-refractivity contribution in [1.82, 2.24) is 4.90 Å². The molecule has 1 aliphatic heterocycles. The zero-order chi connectivity index (χ0) is 13.9. The van der Waals surface area contributed by atoms with Gasteiger partial charge in [-0.05, 0) is 29.7 Å². The number of carbonyl (C=O) groups is 1. The summed E-state index contributed by atoms with van der Waals surface area (Å²) in [5.74, 6) is 5.53. The van der Waals surface area contributed by atoms with E-state index in [0.717, 1.165) is 25.1 Å². The van der Waals surface area contributed by atoms with Gasteiger partial charge in [-0.1, -0.05) is 25.7 Å². The minimum atomic E-state index is -0.180. The van der Waals surface area contributed by atoms with Gasteiger partial charge in [0.25, 0.3) is 5.91 Å². The Hall–Kier alpha value is -1.31. The summed E-state index contributed by atoms with van der Waals surface area (Å²) < 4.78 is 0. The summed E-state index contributed by atoms with van der Waals surface area (Å²) in [6.45, 7) is 5.85. The quantitative estimate of drug-likeness (QED) is 0.801. The van der Waals surface area contributed by atoms with E-state index in [9.17, 15) is 4.79 Å². The Morgan fingerprint density at radius 2 is 2.37 bits per heavy atom. The molecular weight excluding hydrogens is 258 g/mol. The third-order valence-electron chi connectivity index (χ3n) is 3.35. The van der Waals surface area contributed by atoms with Crippen LogP contribution in [0.25, 0.3) is 0 Å². The van der Waals surface area contributed by atoms with Crippen molar-refractivity contribution in [2.45, 2.75) is 26.7 Å². The molecule has 19 heavy (non-hydrogen) atoms. The third-order valence-corrected chi connectivity index (χ3v) is 4.25. The third kappa shape index (κ3) is 3.37. The van der Waals surface area contributed by atoms with Crippen LogP contribution in [0.2, 0.25) is 0 Å². The number of hydrogen-bond acceptors (Lipinski definition) is 3. The fourth-order valence-corrected chi connectivity index (χ4v) is 3.26. The molecule has 0 spiro atoms. The van der Waals surface area contributed by atoms with Crippen LogP contribution in [0.3, 0.4) is 0 Å². The van der Waals surface area contributed by atoms with Crippen LogP contribution in [0, 0.1) is 17.3 Å². The van der Waals surface area contributed by atoms with E-state index in [0.29, 0.717) is 4.88 Å². The van der Waals surface area contributed by atoms with Gasteiger partial charge < -0.3 is 10.0 Å². The molecule has 0 atom stereocenters. The molecule has 0 radical (unpaired) electrons. The summed E-state index contributed by atoms with van der Waals surface area (Å²) in [5, 5.41) is 10.6. The molecule has 102 valence electrons. The zero-order valence-electron chi connectivity index (χ0n) is 11.4. The minimum Gasteiger partial charge on any atom is -0.384 e. The second kappa shape index (κ2) is 5.77. The fourth-order valence-electron chi connectivity index (χ4n) is 2.45. The lowest BCUT2D eigenvalue weighted by molar-refractivity contribution is 0.0588. The molecule has 0 unspecified atom stereocenters. The van der Waals surface area contributed by atoms with Crippen LogP contribution < -0.4 is 0 Å². The Bertz CT molecular complexity index is 522. The SMILES string of the molecule is CC1(C)CCCN(C(=O)c2sccc2C#CCO)C1. The molecule has 0 saturated carbocycles. The lowest BCUT2D eigenvalue weighted by Crippen LogP contribution is -2.43. The molecule has 1 fully saturated rings. The van der Waals surface area contributed by atoms with Gasteiger partial charge in [0.05, 0.1) is 0 Å². The van der Waals surface area contributed by atoms with Crippen LogP contribution in [-0.2, 0) is 0 Å². The highest BCUT2D eigenvalue weighted by atomic mass is 32.1. The Labute approximate surface area is 118 Å². The molecule has 3 nitrogen and oxygen atoms in total. The van der Waals surface area contributed by atoms with E-state index in [1.807, 2.05) is 16.3 Å². The van der Waals surface area contributed by atoms with Gasteiger partial charge in [-0.3, -0.25) is 4.79 Å². The molecule has 2 heterocycles. The molecule has 1 saturated heterocycles. The van der Waals surface area contributed by atoms with Gasteiger partial charge in [0.1, 0.15) is 11.5 Å². The molecule has 1 N–H and O–H groups in total. The number of nitrogens with zero attached hydrogens (tertiary/aromatic N) is 1. The van der Waals surface area contributed by atoms with E-state index in [2.05, 4.69) is 25.7 Å². The number of aliphatic hydroxyl groups is 1. The van der Waals surface area contributed by atoms with Crippen molar-refractivity contribution >= 4 is 17.2 Å². The van der Waals surface area contributed by atoms with E-state index in [-0.39, 0.29) is 17.9 Å². The van der Waals surface area contributed by atoms with Gasteiger partial charge in [-0.2, -0.15) is 0 Å². The largest absolute Gasteiger partial charge is 0.384 e. The van der Waals surface area contributed by atoms with Gasteiger partial charge >= 0.3 is 0 Å². The average Bonchev–Trinajstić information content (AvgIpc) is 2.82. The van der Waals surface area contributed by atoms with Crippen LogP contribution in [0.15, 0.2) is 11.4 Å². The Morgan fingerprint density at radius 3 is 3.05 bits per heavy atom. The standard InChI is InChI=1S/C15H19NO2S/c1-15(2)7-4-8-16(11-15)14(18)13-12(5-3-9-17)6-10-19-13/h6,10,17H,4,7-9,11H2,1-2H3. The topological polar surface area (TPSA) is 40.5 Å². The number of thiophene rings is 1. The molecule has 0 aliphatic carbocycles. The molecular formula is C15H19NO2S. The number of aliphatic hydroxyl groups excluding tert-OH is 1. The highest BCUT2D eigenvalue weighted by molar-refractivity contribution is 7.12. The number of hydrogen-bond donors (Lipinski definition) is 1. The van der Waals surface area contributed by atoms with Crippen molar-refractivity contribution in [3.63, 3.8) is 0 Å². The summed E-state index contributed by atoms with van der Waals surface area (Å²) in [5.41, 5.74) is 0.926. The Balaban J connectivity index is 2.18. The predicted molar refractivity (Wildman–Crippen MR) is 77.2 cm³/mol. The lowest BCUT2D eigenvalue weighted by Gasteiger charge is -2.37. The Morgan fingerprint density at radius 1 is 1.58 bits per heavy atom. The first-order valence-corrected chi connectivity index (χ1v) is 7.38. The monoisotopic (exact) mass is 277 g/mol. The number of carbonyl (C=O) groups excluding carboxylic acids is 1. The van der Waals surface area contributed by atoms with Crippen LogP contribution in [0.1, 0.15) is 41.9 Å². The van der Waals surface area contributed by atoms with Crippen molar-refractivity contribution in [2.24, 2.45) is 5.41 Å². The van der Waals surface area contributed by atoms with Crippen LogP contribution in [0.4, 0.5) is 0 Å². The van der Waals surface area contributed by atoms with Crippen molar-refractivity contribution in [2.75, 3.05) is 19.7 Å². The summed E-state index contributed by atoms with van der Waals surface area (Å²) in [4.78, 5) is 15.2. The summed E-state index contributed by atoms with van der Waals surface area (Å²) >= 11 is 1.43. The molecule has 1 aromatic rings. The van der Waals surface area contributed by atoms with Gasteiger partial charge in [0, 0.05) is 18.7 Å². The van der Waals surface area contributed by atoms with Crippen molar-refractivity contribution in [3.05, 3.63) is 21.9 Å². The molecule has 4 heteroatoms. The lowest BCUT2D eigenvalue weighted by atomic mass is 9.84. The first-order valence-electron chi connectivity index (χ1n) is 6.50. The first-order chi connectivity index (χ1) is 9.03. The van der Waals surface area contributed by atoms with Crippen molar-refractivity contribution in [1.29, 1.82) is 0 Å². The highest BCUT2D eigenvalue weighted by Crippen LogP contribution is 2.30. The summed E-state index contributed by atoms with van der Waals surface area (Å²) in [7, 11) is 0. The molecule has 0 aromatic carbocycles. The van der Waals surface area contributed by atoms with Crippen molar-refractivity contribution < 1.29 is 9.90 Å². The molecule has 1 aromatic heterocycles. The second-order valence-electron chi connectivity index (χ2n) is 5.62. The predicted octanol–water partition coefficient (Wildman–Crippen LogP) is 2.35. The molecule has 1 amide bonds. The van der Waals surface area contributed by atoms with Gasteiger partial charge in [-0.25, -0.2) is 0 Å². The summed E-state index contributed by atoms with van der Waals surface area (Å²) in [6.07, 6.45) is 2.22. The number of piperidine rings is 1. The van der Waals surface area contributed by atoms with Crippen LogP contribution in [-0.4, -0.2) is 35.6 Å². The van der Waals surface area contributed by atoms with Gasteiger partial charge in [0.15, 0.2) is 0 Å². The maximum Gasteiger partial charge on any atom is 0.265 e. The van der Waals surface area contributed by atoms with Crippen LogP contribution in [0.5, 0.6) is 0 Å². The van der Waals surface area contributed by atoms with Gasteiger partial charge in [-0.15, -0.1) is 11.3 Å². The molecule has 0 bridgehead atoms. The Kier molecular flexibility index (Phi) is 4.28.